The average molecular weight is 258 g/mol. The number of fused-ring (bicyclic) bond motifs is 1. The summed E-state index contributed by atoms with van der Waals surface area (Å²) in [5, 5.41) is 5.22. The molecule has 1 N–H and O–H groups in total. The van der Waals surface area contributed by atoms with Crippen LogP contribution in [0.15, 0.2) is 41.8 Å². The Labute approximate surface area is 110 Å². The number of carbonyl (C=O) groups is 1. The predicted octanol–water partition coefficient (Wildman–Crippen LogP) is 2.75. The van der Waals surface area contributed by atoms with Gasteiger partial charge in [-0.3, -0.25) is 4.79 Å². The number of rotatable bonds is 3. The fraction of sp³-hybridized carbons (Fsp3) is 0.214. The Morgan fingerprint density at radius 1 is 1.22 bits per heavy atom. The topological polar surface area (TPSA) is 32.3 Å². The second-order valence-corrected chi connectivity index (χ2v) is 5.28. The number of anilines is 2. The first kappa shape index (κ1) is 11.3. The first-order chi connectivity index (χ1) is 8.84. The van der Waals surface area contributed by atoms with E-state index in [0.717, 1.165) is 24.3 Å². The van der Waals surface area contributed by atoms with Gasteiger partial charge in [0, 0.05) is 11.4 Å². The molecule has 1 aromatic heterocycles. The second kappa shape index (κ2) is 4.82. The average Bonchev–Trinajstić information content (AvgIpc) is 2.91. The molecule has 0 saturated carbocycles. The molecule has 0 atom stereocenters. The molecule has 18 heavy (non-hydrogen) atoms. The molecule has 0 fully saturated rings. The molecule has 0 saturated heterocycles. The van der Waals surface area contributed by atoms with Gasteiger partial charge in [0.2, 0.25) is 5.91 Å². The Morgan fingerprint density at radius 3 is 2.94 bits per heavy atom. The molecule has 92 valence electrons. The summed E-state index contributed by atoms with van der Waals surface area (Å²) in [5.74, 6) is 0.144. The molecule has 1 aliphatic heterocycles. The fourth-order valence-electron chi connectivity index (χ4n) is 2.18. The fourth-order valence-corrected chi connectivity index (χ4v) is 2.88. The minimum absolute atomic E-state index is 0.144. The van der Waals surface area contributed by atoms with Crippen molar-refractivity contribution in [2.45, 2.75) is 6.42 Å². The van der Waals surface area contributed by atoms with Crippen molar-refractivity contribution in [2.24, 2.45) is 0 Å². The van der Waals surface area contributed by atoms with Crippen LogP contribution in [0, 0.1) is 0 Å². The molecular formula is C14H14N2OS. The largest absolute Gasteiger partial charge is 0.374 e. The number of para-hydroxylation sites is 2. The highest BCUT2D eigenvalue weighted by molar-refractivity contribution is 7.09. The highest BCUT2D eigenvalue weighted by Gasteiger charge is 2.22. The van der Waals surface area contributed by atoms with Crippen LogP contribution >= 0.6 is 11.3 Å². The molecule has 3 nitrogen and oxygen atoms in total. The first-order valence-electron chi connectivity index (χ1n) is 6.00. The lowest BCUT2D eigenvalue weighted by atomic mass is 10.2. The number of hydrogen-bond acceptors (Lipinski definition) is 3. The van der Waals surface area contributed by atoms with Crippen LogP contribution in [-0.2, 0) is 11.2 Å². The summed E-state index contributed by atoms with van der Waals surface area (Å²) in [7, 11) is 0. The number of carbonyl (C=O) groups excluding carboxylic acids is 1. The summed E-state index contributed by atoms with van der Waals surface area (Å²) in [5.41, 5.74) is 2.04. The Balaban J connectivity index is 1.80. The van der Waals surface area contributed by atoms with Gasteiger partial charge in [-0.15, -0.1) is 11.3 Å². The van der Waals surface area contributed by atoms with Crippen LogP contribution in [0.2, 0.25) is 0 Å². The Bertz CT molecular complexity index is 551. The van der Waals surface area contributed by atoms with Crippen molar-refractivity contribution in [1.29, 1.82) is 0 Å². The van der Waals surface area contributed by atoms with E-state index in [-0.39, 0.29) is 5.91 Å². The predicted molar refractivity (Wildman–Crippen MR) is 75.3 cm³/mol. The van der Waals surface area contributed by atoms with Crippen molar-refractivity contribution < 1.29 is 4.79 Å². The lowest BCUT2D eigenvalue weighted by molar-refractivity contribution is -0.117. The molecule has 0 spiro atoms. The number of hydrogen-bond donors (Lipinski definition) is 1. The molecule has 0 bridgehead atoms. The highest BCUT2D eigenvalue weighted by atomic mass is 32.1. The summed E-state index contributed by atoms with van der Waals surface area (Å²) in [4.78, 5) is 15.2. The van der Waals surface area contributed by atoms with E-state index in [1.165, 1.54) is 4.88 Å². The maximum atomic E-state index is 12.0. The third-order valence-corrected chi connectivity index (χ3v) is 4.02. The molecule has 4 heteroatoms. The number of amides is 1. The zero-order valence-electron chi connectivity index (χ0n) is 9.93. The standard InChI is InChI=1S/C14H14N2OS/c17-14-10-15-12-5-1-2-6-13(12)16(14)8-7-11-4-3-9-18-11/h1-6,9,15H,7-8,10H2. The molecule has 2 aromatic rings. The molecule has 1 aliphatic rings. The number of thiophene rings is 1. The Morgan fingerprint density at radius 2 is 2.11 bits per heavy atom. The lowest BCUT2D eigenvalue weighted by Gasteiger charge is -2.30. The van der Waals surface area contributed by atoms with Crippen molar-refractivity contribution in [3.05, 3.63) is 46.7 Å². The van der Waals surface area contributed by atoms with E-state index in [1.54, 1.807) is 11.3 Å². The Hall–Kier alpha value is -1.81. The van der Waals surface area contributed by atoms with Gasteiger partial charge in [-0.25, -0.2) is 0 Å². The maximum Gasteiger partial charge on any atom is 0.246 e. The van der Waals surface area contributed by atoms with Gasteiger partial charge in [-0.1, -0.05) is 18.2 Å². The van der Waals surface area contributed by atoms with Gasteiger partial charge in [-0.05, 0) is 30.0 Å². The number of benzene rings is 1. The molecule has 0 aliphatic carbocycles. The van der Waals surface area contributed by atoms with Crippen LogP contribution in [0.5, 0.6) is 0 Å². The van der Waals surface area contributed by atoms with Gasteiger partial charge in [0.05, 0.1) is 17.9 Å². The molecule has 1 aromatic carbocycles. The quantitative estimate of drug-likeness (QED) is 0.918. The van der Waals surface area contributed by atoms with Crippen LogP contribution in [0.3, 0.4) is 0 Å². The van der Waals surface area contributed by atoms with Crippen LogP contribution < -0.4 is 10.2 Å². The zero-order valence-corrected chi connectivity index (χ0v) is 10.7. The summed E-state index contributed by atoms with van der Waals surface area (Å²) >= 11 is 1.74. The minimum atomic E-state index is 0.144. The molecule has 0 unspecified atom stereocenters. The van der Waals surface area contributed by atoms with Crippen LogP contribution in [-0.4, -0.2) is 19.0 Å². The molecule has 1 amide bonds. The normalized spacial score (nSPS) is 14.2. The molecule has 3 rings (SSSR count). The third kappa shape index (κ3) is 2.11. The van der Waals surface area contributed by atoms with Crippen molar-refractivity contribution in [2.75, 3.05) is 23.3 Å². The Kier molecular flexibility index (Phi) is 3.02. The monoisotopic (exact) mass is 258 g/mol. The summed E-state index contributed by atoms with van der Waals surface area (Å²) in [6, 6.07) is 12.1. The van der Waals surface area contributed by atoms with Gasteiger partial charge in [0.25, 0.3) is 0 Å². The van der Waals surface area contributed by atoms with E-state index in [9.17, 15) is 4.79 Å². The summed E-state index contributed by atoms with van der Waals surface area (Å²) in [6.07, 6.45) is 0.914. The van der Waals surface area contributed by atoms with Gasteiger partial charge in [0.15, 0.2) is 0 Å². The van der Waals surface area contributed by atoms with E-state index in [0.29, 0.717) is 6.54 Å². The molecular weight excluding hydrogens is 244 g/mol. The third-order valence-electron chi connectivity index (χ3n) is 3.09. The molecule has 2 heterocycles. The van der Waals surface area contributed by atoms with Gasteiger partial charge >= 0.3 is 0 Å². The van der Waals surface area contributed by atoms with Crippen molar-refractivity contribution in [1.82, 2.24) is 0 Å². The maximum absolute atomic E-state index is 12.0. The van der Waals surface area contributed by atoms with Crippen molar-refractivity contribution >= 4 is 28.6 Å². The minimum Gasteiger partial charge on any atom is -0.374 e. The van der Waals surface area contributed by atoms with Crippen LogP contribution in [0.1, 0.15) is 4.88 Å². The summed E-state index contributed by atoms with van der Waals surface area (Å²) < 4.78 is 0. The molecule has 0 radical (unpaired) electrons. The second-order valence-electron chi connectivity index (χ2n) is 4.25. The SMILES string of the molecule is O=C1CNc2ccccc2N1CCc1cccs1. The number of nitrogens with one attached hydrogen (secondary N) is 1. The number of nitrogens with zero attached hydrogens (tertiary/aromatic N) is 1. The van der Waals surface area contributed by atoms with E-state index in [4.69, 9.17) is 0 Å². The van der Waals surface area contributed by atoms with Crippen LogP contribution in [0.4, 0.5) is 11.4 Å². The van der Waals surface area contributed by atoms with E-state index in [1.807, 2.05) is 35.2 Å². The summed E-state index contributed by atoms with van der Waals surface area (Å²) in [6.45, 7) is 1.14. The van der Waals surface area contributed by atoms with Crippen molar-refractivity contribution in [3.8, 4) is 0 Å². The van der Waals surface area contributed by atoms with Gasteiger partial charge in [-0.2, -0.15) is 0 Å². The highest BCUT2D eigenvalue weighted by Crippen LogP contribution is 2.29. The smallest absolute Gasteiger partial charge is 0.246 e. The first-order valence-corrected chi connectivity index (χ1v) is 6.88. The van der Waals surface area contributed by atoms with Crippen LogP contribution in [0.25, 0.3) is 0 Å². The van der Waals surface area contributed by atoms with E-state index < -0.39 is 0 Å². The zero-order chi connectivity index (χ0) is 12.4. The van der Waals surface area contributed by atoms with Gasteiger partial charge < -0.3 is 10.2 Å². The lowest BCUT2D eigenvalue weighted by Crippen LogP contribution is -2.40. The van der Waals surface area contributed by atoms with E-state index >= 15 is 0 Å². The van der Waals surface area contributed by atoms with Crippen molar-refractivity contribution in [3.63, 3.8) is 0 Å². The van der Waals surface area contributed by atoms with Gasteiger partial charge in [0.1, 0.15) is 0 Å². The van der Waals surface area contributed by atoms with E-state index in [2.05, 4.69) is 16.8 Å².